The van der Waals surface area contributed by atoms with Gasteiger partial charge >= 0.3 is 6.09 Å². The van der Waals surface area contributed by atoms with Crippen molar-refractivity contribution in [3.63, 3.8) is 0 Å². The van der Waals surface area contributed by atoms with E-state index in [0.29, 0.717) is 11.8 Å². The molecule has 0 fully saturated rings. The van der Waals surface area contributed by atoms with Crippen molar-refractivity contribution in [1.29, 1.82) is 0 Å². The van der Waals surface area contributed by atoms with Crippen LogP contribution in [0.2, 0.25) is 0 Å². The maximum absolute atomic E-state index is 13.0. The number of carbonyl (C=O) groups excluding carboxylic acids is 2. The van der Waals surface area contributed by atoms with Crippen molar-refractivity contribution < 1.29 is 18.7 Å². The molecule has 0 saturated heterocycles. The lowest BCUT2D eigenvalue weighted by molar-refractivity contribution is -0.109. The number of hydrogen-bond donors (Lipinski definition) is 1. The molecule has 1 unspecified atom stereocenters. The van der Waals surface area contributed by atoms with Crippen LogP contribution in [0.4, 0.5) is 9.18 Å². The normalized spacial score (nSPS) is 12.7. The molecule has 0 bridgehead atoms. The molecule has 0 heterocycles. The number of halogens is 1. The van der Waals surface area contributed by atoms with Crippen molar-refractivity contribution >= 4 is 12.4 Å². The average Bonchev–Trinajstić information content (AvgIpc) is 2.23. The Balaban J connectivity index is 2.74. The van der Waals surface area contributed by atoms with Crippen molar-refractivity contribution in [3.05, 3.63) is 35.6 Å². The van der Waals surface area contributed by atoms with Crippen molar-refractivity contribution in [3.8, 4) is 0 Å². The van der Waals surface area contributed by atoms with Gasteiger partial charge in [0.1, 0.15) is 23.7 Å². The van der Waals surface area contributed by atoms with E-state index >= 15 is 0 Å². The van der Waals surface area contributed by atoms with E-state index in [1.807, 2.05) is 0 Å². The molecule has 0 saturated carbocycles. The van der Waals surface area contributed by atoms with Crippen molar-refractivity contribution in [2.24, 2.45) is 0 Å². The first kappa shape index (κ1) is 14.2. The quantitative estimate of drug-likeness (QED) is 0.842. The molecular formula is C13H16FNO3. The Morgan fingerprint density at radius 3 is 2.61 bits per heavy atom. The Bertz CT molecular complexity index is 440. The minimum atomic E-state index is -0.921. The standard InChI is InChI=1S/C13H16FNO3/c1-13(2,3)18-12(17)15-11(8-16)9-5-4-6-10(14)7-9/h4-8,11H,1-3H3,(H,15,17). The highest BCUT2D eigenvalue weighted by molar-refractivity contribution is 5.74. The van der Waals surface area contributed by atoms with Gasteiger partial charge in [-0.3, -0.25) is 0 Å². The van der Waals surface area contributed by atoms with Crippen molar-refractivity contribution in [1.82, 2.24) is 5.32 Å². The summed E-state index contributed by atoms with van der Waals surface area (Å²) in [4.78, 5) is 22.4. The van der Waals surface area contributed by atoms with Crippen molar-refractivity contribution in [2.75, 3.05) is 0 Å². The Hall–Kier alpha value is -1.91. The fourth-order valence-electron chi connectivity index (χ4n) is 1.33. The molecule has 1 rings (SSSR count). The molecule has 1 atom stereocenters. The minimum absolute atomic E-state index is 0.371. The number of alkyl carbamates (subject to hydrolysis) is 1. The van der Waals surface area contributed by atoms with Crippen LogP contribution in [0.3, 0.4) is 0 Å². The zero-order chi connectivity index (χ0) is 13.8. The van der Waals surface area contributed by atoms with Crippen LogP contribution in [0, 0.1) is 5.82 Å². The number of nitrogens with one attached hydrogen (secondary N) is 1. The number of hydrogen-bond acceptors (Lipinski definition) is 3. The summed E-state index contributed by atoms with van der Waals surface area (Å²) < 4.78 is 18.0. The molecule has 4 nitrogen and oxygen atoms in total. The van der Waals surface area contributed by atoms with Gasteiger partial charge in [0.15, 0.2) is 0 Å². The van der Waals surface area contributed by atoms with Gasteiger partial charge < -0.3 is 14.8 Å². The van der Waals surface area contributed by atoms with Gasteiger partial charge in [-0.1, -0.05) is 12.1 Å². The fraction of sp³-hybridized carbons (Fsp3) is 0.385. The lowest BCUT2D eigenvalue weighted by atomic mass is 10.1. The first-order chi connectivity index (χ1) is 8.31. The van der Waals surface area contributed by atoms with E-state index in [2.05, 4.69) is 5.32 Å². The fourth-order valence-corrected chi connectivity index (χ4v) is 1.33. The van der Waals surface area contributed by atoms with E-state index in [-0.39, 0.29) is 0 Å². The summed E-state index contributed by atoms with van der Waals surface area (Å²) >= 11 is 0. The molecule has 1 aromatic rings. The third-order valence-corrected chi connectivity index (χ3v) is 2.02. The van der Waals surface area contributed by atoms with E-state index in [9.17, 15) is 14.0 Å². The molecule has 0 radical (unpaired) electrons. The molecule has 1 aromatic carbocycles. The molecule has 5 heteroatoms. The highest BCUT2D eigenvalue weighted by Gasteiger charge is 2.20. The number of rotatable bonds is 3. The monoisotopic (exact) mass is 253 g/mol. The zero-order valence-corrected chi connectivity index (χ0v) is 10.6. The zero-order valence-electron chi connectivity index (χ0n) is 10.6. The highest BCUT2D eigenvalue weighted by atomic mass is 19.1. The van der Waals surface area contributed by atoms with E-state index in [1.54, 1.807) is 26.8 Å². The predicted molar refractivity (Wildman–Crippen MR) is 64.6 cm³/mol. The molecule has 0 aliphatic carbocycles. The van der Waals surface area contributed by atoms with Gasteiger partial charge in [-0.2, -0.15) is 0 Å². The first-order valence-electron chi connectivity index (χ1n) is 5.52. The van der Waals surface area contributed by atoms with Gasteiger partial charge in [0.2, 0.25) is 0 Å². The predicted octanol–water partition coefficient (Wildman–Crippen LogP) is 2.59. The molecule has 18 heavy (non-hydrogen) atoms. The van der Waals surface area contributed by atoms with E-state index < -0.39 is 23.6 Å². The SMILES string of the molecule is CC(C)(C)OC(=O)NC(C=O)c1cccc(F)c1. The van der Waals surface area contributed by atoms with Crippen LogP contribution in [0.1, 0.15) is 32.4 Å². The number of amides is 1. The van der Waals surface area contributed by atoms with Crippen LogP contribution >= 0.6 is 0 Å². The van der Waals surface area contributed by atoms with Gasteiger partial charge in [-0.15, -0.1) is 0 Å². The van der Waals surface area contributed by atoms with E-state index in [1.165, 1.54) is 18.2 Å². The average molecular weight is 253 g/mol. The van der Waals surface area contributed by atoms with Crippen LogP contribution in [0.5, 0.6) is 0 Å². The summed E-state index contributed by atoms with van der Waals surface area (Å²) in [5.74, 6) is -0.467. The van der Waals surface area contributed by atoms with Crippen molar-refractivity contribution in [2.45, 2.75) is 32.4 Å². The van der Waals surface area contributed by atoms with E-state index in [4.69, 9.17) is 4.74 Å². The second kappa shape index (κ2) is 5.62. The second-order valence-electron chi connectivity index (χ2n) is 4.81. The Morgan fingerprint density at radius 1 is 1.44 bits per heavy atom. The number of ether oxygens (including phenoxy) is 1. The third-order valence-electron chi connectivity index (χ3n) is 2.02. The number of benzene rings is 1. The molecular weight excluding hydrogens is 237 g/mol. The Morgan fingerprint density at radius 2 is 2.11 bits per heavy atom. The van der Waals surface area contributed by atoms with Crippen LogP contribution in [0.25, 0.3) is 0 Å². The van der Waals surface area contributed by atoms with E-state index in [0.717, 1.165) is 0 Å². The maximum atomic E-state index is 13.0. The summed E-state index contributed by atoms with van der Waals surface area (Å²) in [5.41, 5.74) is -0.282. The third kappa shape index (κ3) is 4.53. The lowest BCUT2D eigenvalue weighted by Gasteiger charge is -2.21. The minimum Gasteiger partial charge on any atom is -0.444 e. The van der Waals surface area contributed by atoms with Crippen LogP contribution in [-0.4, -0.2) is 18.0 Å². The molecule has 0 spiro atoms. The lowest BCUT2D eigenvalue weighted by Crippen LogP contribution is -2.35. The second-order valence-corrected chi connectivity index (χ2v) is 4.81. The first-order valence-corrected chi connectivity index (χ1v) is 5.52. The number of aldehydes is 1. The summed E-state index contributed by atoms with van der Waals surface area (Å²) in [6.45, 7) is 5.14. The van der Waals surface area contributed by atoms with Crippen LogP contribution in [0.15, 0.2) is 24.3 Å². The smallest absolute Gasteiger partial charge is 0.408 e. The Labute approximate surface area is 105 Å². The Kier molecular flexibility index (Phi) is 4.42. The van der Waals surface area contributed by atoms with Crippen LogP contribution < -0.4 is 5.32 Å². The number of carbonyl (C=O) groups is 2. The van der Waals surface area contributed by atoms with Crippen LogP contribution in [-0.2, 0) is 9.53 Å². The summed E-state index contributed by atoms with van der Waals surface area (Å²) in [7, 11) is 0. The molecule has 0 aliphatic heterocycles. The summed E-state index contributed by atoms with van der Waals surface area (Å²) in [6.07, 6.45) is -0.192. The summed E-state index contributed by atoms with van der Waals surface area (Å²) in [5, 5.41) is 2.37. The molecule has 1 N–H and O–H groups in total. The van der Waals surface area contributed by atoms with Gasteiger partial charge in [0.05, 0.1) is 0 Å². The van der Waals surface area contributed by atoms with Gasteiger partial charge in [0, 0.05) is 0 Å². The van der Waals surface area contributed by atoms with Gasteiger partial charge in [-0.25, -0.2) is 9.18 Å². The van der Waals surface area contributed by atoms with Gasteiger partial charge in [-0.05, 0) is 38.5 Å². The van der Waals surface area contributed by atoms with Gasteiger partial charge in [0.25, 0.3) is 0 Å². The highest BCUT2D eigenvalue weighted by Crippen LogP contribution is 2.14. The largest absolute Gasteiger partial charge is 0.444 e. The molecule has 0 aliphatic rings. The molecule has 98 valence electrons. The maximum Gasteiger partial charge on any atom is 0.408 e. The molecule has 1 amide bonds. The topological polar surface area (TPSA) is 55.4 Å². The summed E-state index contributed by atoms with van der Waals surface area (Å²) in [6, 6.07) is 4.56. The molecule has 0 aromatic heterocycles.